The van der Waals surface area contributed by atoms with E-state index in [0.29, 0.717) is 22.5 Å². The zero-order chi connectivity index (χ0) is 18.7. The summed E-state index contributed by atoms with van der Waals surface area (Å²) >= 11 is 11.9. The number of carbonyl (C=O) groups is 2. The van der Waals surface area contributed by atoms with Gasteiger partial charge in [0.25, 0.3) is 0 Å². The number of amides is 2. The van der Waals surface area contributed by atoms with E-state index in [1.165, 1.54) is 9.80 Å². The maximum absolute atomic E-state index is 12.7. The number of carbonyl (C=O) groups excluding carboxylic acids is 2. The Morgan fingerprint density at radius 1 is 1.36 bits per heavy atom. The molecule has 0 bridgehead atoms. The van der Waals surface area contributed by atoms with Gasteiger partial charge in [-0.1, -0.05) is 29.3 Å². The second-order valence-corrected chi connectivity index (χ2v) is 6.67. The lowest BCUT2D eigenvalue weighted by atomic mass is 10.2. The van der Waals surface area contributed by atoms with Crippen molar-refractivity contribution in [1.82, 2.24) is 20.0 Å². The Balaban J connectivity index is 2.11. The summed E-state index contributed by atoms with van der Waals surface area (Å²) in [5, 5.41) is 3.83. The van der Waals surface area contributed by atoms with Crippen molar-refractivity contribution < 1.29 is 9.59 Å². The summed E-state index contributed by atoms with van der Waals surface area (Å²) in [5.74, 6) is 0.564. The van der Waals surface area contributed by atoms with Crippen LogP contribution in [0.1, 0.15) is 5.56 Å². The molecule has 25 heavy (non-hydrogen) atoms. The van der Waals surface area contributed by atoms with Crippen molar-refractivity contribution >= 4 is 41.5 Å². The van der Waals surface area contributed by atoms with E-state index >= 15 is 0 Å². The molecule has 2 atom stereocenters. The molecule has 9 heteroatoms. The van der Waals surface area contributed by atoms with E-state index in [-0.39, 0.29) is 6.03 Å². The lowest BCUT2D eigenvalue weighted by molar-refractivity contribution is -0.111. The molecule has 2 unspecified atom stereocenters. The molecule has 1 aromatic rings. The minimum Gasteiger partial charge on any atom is -0.359 e. The molecular formula is C16H21Cl2N5O2. The van der Waals surface area contributed by atoms with Gasteiger partial charge in [-0.15, -0.1) is 0 Å². The van der Waals surface area contributed by atoms with E-state index in [1.54, 1.807) is 45.2 Å². The predicted octanol–water partition coefficient (Wildman–Crippen LogP) is 1.89. The number of aldehydes is 1. The van der Waals surface area contributed by atoms with Gasteiger partial charge in [-0.25, -0.2) is 9.79 Å². The molecule has 0 saturated heterocycles. The van der Waals surface area contributed by atoms with Crippen LogP contribution in [0.15, 0.2) is 23.2 Å². The third-order valence-corrected chi connectivity index (χ3v) is 4.87. The normalized spacial score (nSPS) is 19.4. The van der Waals surface area contributed by atoms with Crippen LogP contribution in [0, 0.1) is 0 Å². The highest BCUT2D eigenvalue weighted by molar-refractivity contribution is 6.42. The van der Waals surface area contributed by atoms with Crippen LogP contribution in [-0.2, 0) is 11.3 Å². The number of likely N-dealkylation sites (N-methyl/N-ethyl adjacent to an activating group) is 2. The number of urea groups is 1. The Bertz CT molecular complexity index is 697. The molecule has 2 rings (SSSR count). The van der Waals surface area contributed by atoms with Gasteiger partial charge in [-0.3, -0.25) is 0 Å². The SMILES string of the molecule is CNC1=NC(N(C)C(=O)N(C)Cc2ccc(Cl)c(Cl)c2)C(C=O)N1C. The maximum Gasteiger partial charge on any atom is 0.321 e. The number of benzene rings is 1. The highest BCUT2D eigenvalue weighted by Gasteiger charge is 2.38. The van der Waals surface area contributed by atoms with Gasteiger partial charge < -0.3 is 24.8 Å². The number of nitrogens with zero attached hydrogens (tertiary/aromatic N) is 4. The van der Waals surface area contributed by atoms with E-state index in [9.17, 15) is 9.59 Å². The molecule has 0 radical (unpaired) electrons. The summed E-state index contributed by atoms with van der Waals surface area (Å²) in [7, 11) is 6.79. The van der Waals surface area contributed by atoms with Gasteiger partial charge in [-0.05, 0) is 17.7 Å². The van der Waals surface area contributed by atoms with E-state index < -0.39 is 12.2 Å². The van der Waals surface area contributed by atoms with Crippen LogP contribution in [0.25, 0.3) is 0 Å². The maximum atomic E-state index is 12.7. The Labute approximate surface area is 157 Å². The van der Waals surface area contributed by atoms with Crippen LogP contribution in [0.5, 0.6) is 0 Å². The van der Waals surface area contributed by atoms with Gasteiger partial charge in [0.2, 0.25) is 0 Å². The second kappa shape index (κ2) is 7.93. The molecule has 1 aromatic carbocycles. The van der Waals surface area contributed by atoms with Crippen molar-refractivity contribution in [3.63, 3.8) is 0 Å². The van der Waals surface area contributed by atoms with Crippen molar-refractivity contribution in [2.45, 2.75) is 18.8 Å². The number of halogens is 2. The largest absolute Gasteiger partial charge is 0.359 e. The Kier molecular flexibility index (Phi) is 6.13. The molecule has 0 saturated carbocycles. The number of hydrogen-bond donors (Lipinski definition) is 1. The summed E-state index contributed by atoms with van der Waals surface area (Å²) in [6.45, 7) is 0.358. The molecule has 1 heterocycles. The average molecular weight is 386 g/mol. The summed E-state index contributed by atoms with van der Waals surface area (Å²) in [6, 6.07) is 4.45. The first-order valence-electron chi connectivity index (χ1n) is 7.65. The van der Waals surface area contributed by atoms with Crippen LogP contribution in [0.2, 0.25) is 10.0 Å². The summed E-state index contributed by atoms with van der Waals surface area (Å²) in [5.41, 5.74) is 0.855. The molecule has 0 fully saturated rings. The molecular weight excluding hydrogens is 365 g/mol. The van der Waals surface area contributed by atoms with Crippen molar-refractivity contribution in [3.05, 3.63) is 33.8 Å². The summed E-state index contributed by atoms with van der Waals surface area (Å²) in [6.07, 6.45) is 0.204. The Morgan fingerprint density at radius 2 is 2.04 bits per heavy atom. The third kappa shape index (κ3) is 3.99. The number of hydrogen-bond acceptors (Lipinski definition) is 5. The Hall–Kier alpha value is -1.99. The topological polar surface area (TPSA) is 68.2 Å². The van der Waals surface area contributed by atoms with Crippen LogP contribution < -0.4 is 5.32 Å². The summed E-state index contributed by atoms with van der Waals surface area (Å²) < 4.78 is 0. The lowest BCUT2D eigenvalue weighted by Crippen LogP contribution is -2.51. The first kappa shape index (κ1) is 19.3. The van der Waals surface area contributed by atoms with E-state index in [1.807, 2.05) is 6.07 Å². The number of aliphatic imine (C=N–C) groups is 1. The van der Waals surface area contributed by atoms with Gasteiger partial charge >= 0.3 is 6.03 Å². The van der Waals surface area contributed by atoms with Crippen molar-refractivity contribution in [1.29, 1.82) is 0 Å². The number of guanidine groups is 1. The fourth-order valence-electron chi connectivity index (χ4n) is 2.71. The second-order valence-electron chi connectivity index (χ2n) is 5.85. The molecule has 0 spiro atoms. The van der Waals surface area contributed by atoms with Gasteiger partial charge in [0.05, 0.1) is 10.0 Å². The molecule has 0 aliphatic carbocycles. The minimum atomic E-state index is -0.589. The highest BCUT2D eigenvalue weighted by Crippen LogP contribution is 2.23. The molecule has 136 valence electrons. The number of nitrogens with one attached hydrogen (secondary N) is 1. The zero-order valence-electron chi connectivity index (χ0n) is 14.5. The first-order chi connectivity index (χ1) is 11.8. The summed E-state index contributed by atoms with van der Waals surface area (Å²) in [4.78, 5) is 33.3. The van der Waals surface area contributed by atoms with Crippen LogP contribution in [0.3, 0.4) is 0 Å². The van der Waals surface area contributed by atoms with E-state index in [0.717, 1.165) is 11.8 Å². The van der Waals surface area contributed by atoms with Crippen molar-refractivity contribution in [2.75, 3.05) is 28.2 Å². The predicted molar refractivity (Wildman–Crippen MR) is 99.0 cm³/mol. The standard InChI is InChI=1S/C16H21Cl2N5O2/c1-19-15-20-14(13(9-24)22(15)3)23(4)16(25)21(2)8-10-5-6-11(17)12(18)7-10/h5-7,9,13-14H,8H2,1-4H3,(H,19,20). The minimum absolute atomic E-state index is 0.252. The highest BCUT2D eigenvalue weighted by atomic mass is 35.5. The fraction of sp³-hybridized carbons (Fsp3) is 0.438. The average Bonchev–Trinajstić information content (AvgIpc) is 2.92. The van der Waals surface area contributed by atoms with Crippen LogP contribution in [-0.4, -0.2) is 73.4 Å². The monoisotopic (exact) mass is 385 g/mol. The first-order valence-corrected chi connectivity index (χ1v) is 8.41. The zero-order valence-corrected chi connectivity index (χ0v) is 16.0. The van der Waals surface area contributed by atoms with Gasteiger partial charge in [0.1, 0.15) is 12.3 Å². The third-order valence-electron chi connectivity index (χ3n) is 4.13. The molecule has 1 aliphatic heterocycles. The number of rotatable bonds is 4. The van der Waals surface area contributed by atoms with Gasteiger partial charge in [-0.2, -0.15) is 0 Å². The van der Waals surface area contributed by atoms with Crippen molar-refractivity contribution in [3.8, 4) is 0 Å². The van der Waals surface area contributed by atoms with Crippen LogP contribution in [0.4, 0.5) is 4.79 Å². The molecule has 2 amide bonds. The smallest absolute Gasteiger partial charge is 0.321 e. The van der Waals surface area contributed by atoms with Crippen molar-refractivity contribution in [2.24, 2.45) is 4.99 Å². The molecule has 7 nitrogen and oxygen atoms in total. The van der Waals surface area contributed by atoms with Crippen LogP contribution >= 0.6 is 23.2 Å². The van der Waals surface area contributed by atoms with E-state index in [2.05, 4.69) is 10.3 Å². The molecule has 0 aromatic heterocycles. The Morgan fingerprint density at radius 3 is 2.60 bits per heavy atom. The quantitative estimate of drug-likeness (QED) is 0.803. The molecule has 1 aliphatic rings. The molecule has 1 N–H and O–H groups in total. The van der Waals surface area contributed by atoms with Gasteiger partial charge in [0, 0.05) is 34.7 Å². The fourth-order valence-corrected chi connectivity index (χ4v) is 3.03. The van der Waals surface area contributed by atoms with Gasteiger partial charge in [0.15, 0.2) is 12.1 Å². The van der Waals surface area contributed by atoms with E-state index in [4.69, 9.17) is 23.2 Å². The lowest BCUT2D eigenvalue weighted by Gasteiger charge is -2.31.